The van der Waals surface area contributed by atoms with Crippen molar-refractivity contribution >= 4 is 11.7 Å². The summed E-state index contributed by atoms with van der Waals surface area (Å²) in [5.41, 5.74) is 6.84. The van der Waals surface area contributed by atoms with E-state index in [1.54, 1.807) is 24.3 Å². The molecule has 2 rings (SSSR count). The second-order valence-corrected chi connectivity index (χ2v) is 6.22. The number of rotatable bonds is 6. The normalized spacial score (nSPS) is 17.4. The summed E-state index contributed by atoms with van der Waals surface area (Å²) in [7, 11) is 0. The Morgan fingerprint density at radius 2 is 1.91 bits per heavy atom. The summed E-state index contributed by atoms with van der Waals surface area (Å²) in [6, 6.07) is 7.52. The van der Waals surface area contributed by atoms with E-state index < -0.39 is 0 Å². The number of esters is 1. The Kier molecular flexibility index (Phi) is 6.25. The lowest BCUT2D eigenvalue weighted by molar-refractivity contribution is 0.0189. The fourth-order valence-corrected chi connectivity index (χ4v) is 3.22. The Labute approximate surface area is 133 Å². The molecule has 4 heteroatoms. The topological polar surface area (TPSA) is 55.6 Å². The average molecular weight is 304 g/mol. The number of nitrogens with two attached hydrogens (primary N) is 1. The van der Waals surface area contributed by atoms with Crippen LogP contribution < -0.4 is 5.73 Å². The predicted molar refractivity (Wildman–Crippen MR) is 89.9 cm³/mol. The Bertz CT molecular complexity index is 466. The van der Waals surface area contributed by atoms with Crippen molar-refractivity contribution in [3.63, 3.8) is 0 Å². The third kappa shape index (κ3) is 4.73. The van der Waals surface area contributed by atoms with Crippen LogP contribution in [0.25, 0.3) is 0 Å². The first kappa shape index (κ1) is 16.8. The second-order valence-electron chi connectivity index (χ2n) is 6.22. The molecule has 22 heavy (non-hydrogen) atoms. The minimum absolute atomic E-state index is 0.105. The molecule has 2 N–H and O–H groups in total. The Morgan fingerprint density at radius 3 is 2.50 bits per heavy atom. The van der Waals surface area contributed by atoms with Gasteiger partial charge in [0.05, 0.1) is 5.56 Å². The van der Waals surface area contributed by atoms with Gasteiger partial charge in [-0.3, -0.25) is 4.90 Å². The number of likely N-dealkylation sites (N-methyl/N-ethyl adjacent to an activating group) is 1. The maximum Gasteiger partial charge on any atom is 0.338 e. The minimum Gasteiger partial charge on any atom is -0.458 e. The molecule has 0 heterocycles. The summed E-state index contributed by atoms with van der Waals surface area (Å²) in [5, 5.41) is 0. The van der Waals surface area contributed by atoms with Crippen LogP contribution in [-0.4, -0.2) is 36.1 Å². The molecule has 4 nitrogen and oxygen atoms in total. The fraction of sp³-hybridized carbons (Fsp3) is 0.611. The summed E-state index contributed by atoms with van der Waals surface area (Å²) in [6.45, 7) is 5.97. The molecule has 1 atom stereocenters. The SMILES string of the molecule is CCN(CC(C)OC(=O)c1ccc(N)cc1)C1CCCCC1. The molecule has 1 unspecified atom stereocenters. The van der Waals surface area contributed by atoms with Crippen molar-refractivity contribution in [2.75, 3.05) is 18.8 Å². The fourth-order valence-electron chi connectivity index (χ4n) is 3.22. The Hall–Kier alpha value is -1.55. The molecule has 1 fully saturated rings. The molecule has 0 radical (unpaired) electrons. The van der Waals surface area contributed by atoms with Crippen LogP contribution in [0.5, 0.6) is 0 Å². The van der Waals surface area contributed by atoms with Crippen LogP contribution >= 0.6 is 0 Å². The molecular formula is C18H28N2O2. The van der Waals surface area contributed by atoms with Gasteiger partial charge in [-0.05, 0) is 50.6 Å². The van der Waals surface area contributed by atoms with Gasteiger partial charge in [-0.2, -0.15) is 0 Å². The van der Waals surface area contributed by atoms with Crippen molar-refractivity contribution in [2.45, 2.75) is 58.1 Å². The van der Waals surface area contributed by atoms with Gasteiger partial charge in [0.1, 0.15) is 6.10 Å². The molecule has 1 aliphatic rings. The minimum atomic E-state index is -0.271. The molecule has 0 aromatic heterocycles. The van der Waals surface area contributed by atoms with Gasteiger partial charge in [-0.1, -0.05) is 26.2 Å². The van der Waals surface area contributed by atoms with Gasteiger partial charge in [0, 0.05) is 18.3 Å². The van der Waals surface area contributed by atoms with Crippen LogP contribution in [0.2, 0.25) is 0 Å². The van der Waals surface area contributed by atoms with E-state index in [-0.39, 0.29) is 12.1 Å². The number of benzene rings is 1. The molecule has 0 amide bonds. The number of anilines is 1. The summed E-state index contributed by atoms with van der Waals surface area (Å²) < 4.78 is 5.58. The van der Waals surface area contributed by atoms with E-state index in [2.05, 4.69) is 11.8 Å². The Morgan fingerprint density at radius 1 is 1.27 bits per heavy atom. The van der Waals surface area contributed by atoms with Crippen molar-refractivity contribution in [1.82, 2.24) is 4.90 Å². The number of hydrogen-bond acceptors (Lipinski definition) is 4. The highest BCUT2D eigenvalue weighted by atomic mass is 16.5. The van der Waals surface area contributed by atoms with E-state index in [9.17, 15) is 4.79 Å². The van der Waals surface area contributed by atoms with Crippen LogP contribution in [0, 0.1) is 0 Å². The average Bonchev–Trinajstić information content (AvgIpc) is 2.54. The van der Waals surface area contributed by atoms with Crippen molar-refractivity contribution in [3.8, 4) is 0 Å². The van der Waals surface area contributed by atoms with E-state index >= 15 is 0 Å². The highest BCUT2D eigenvalue weighted by Gasteiger charge is 2.22. The second kappa shape index (κ2) is 8.18. The number of ether oxygens (including phenoxy) is 1. The molecule has 0 saturated heterocycles. The summed E-state index contributed by atoms with van der Waals surface area (Å²) in [4.78, 5) is 14.6. The van der Waals surface area contributed by atoms with Gasteiger partial charge >= 0.3 is 5.97 Å². The first-order valence-corrected chi connectivity index (χ1v) is 8.40. The predicted octanol–water partition coefficient (Wildman–Crippen LogP) is 3.47. The number of hydrogen-bond donors (Lipinski definition) is 1. The molecule has 1 aromatic carbocycles. The van der Waals surface area contributed by atoms with Gasteiger partial charge in [0.25, 0.3) is 0 Å². The maximum atomic E-state index is 12.1. The summed E-state index contributed by atoms with van der Waals surface area (Å²) >= 11 is 0. The van der Waals surface area contributed by atoms with E-state index in [4.69, 9.17) is 10.5 Å². The molecule has 0 aliphatic heterocycles. The van der Waals surface area contributed by atoms with Crippen molar-refractivity contribution in [3.05, 3.63) is 29.8 Å². The molecule has 0 bridgehead atoms. The van der Waals surface area contributed by atoms with Crippen molar-refractivity contribution < 1.29 is 9.53 Å². The molecule has 0 spiro atoms. The summed E-state index contributed by atoms with van der Waals surface area (Å²) in [6.07, 6.45) is 6.43. The highest BCUT2D eigenvalue weighted by molar-refractivity contribution is 5.89. The third-order valence-electron chi connectivity index (χ3n) is 4.44. The van der Waals surface area contributed by atoms with Gasteiger partial charge in [0.15, 0.2) is 0 Å². The smallest absolute Gasteiger partial charge is 0.338 e. The molecule has 1 saturated carbocycles. The van der Waals surface area contributed by atoms with Crippen LogP contribution in [0.15, 0.2) is 24.3 Å². The first-order valence-electron chi connectivity index (χ1n) is 8.40. The van der Waals surface area contributed by atoms with E-state index in [0.717, 1.165) is 13.1 Å². The van der Waals surface area contributed by atoms with E-state index in [1.165, 1.54) is 32.1 Å². The summed E-state index contributed by atoms with van der Waals surface area (Å²) in [5.74, 6) is -0.271. The lowest BCUT2D eigenvalue weighted by Gasteiger charge is -2.34. The maximum absolute atomic E-state index is 12.1. The largest absolute Gasteiger partial charge is 0.458 e. The lowest BCUT2D eigenvalue weighted by Crippen LogP contribution is -2.41. The van der Waals surface area contributed by atoms with Gasteiger partial charge < -0.3 is 10.5 Å². The van der Waals surface area contributed by atoms with Gasteiger partial charge in [0.2, 0.25) is 0 Å². The lowest BCUT2D eigenvalue weighted by atomic mass is 9.94. The Balaban J connectivity index is 1.86. The zero-order chi connectivity index (χ0) is 15.9. The zero-order valence-corrected chi connectivity index (χ0v) is 13.8. The van der Waals surface area contributed by atoms with E-state index in [0.29, 0.717) is 17.3 Å². The van der Waals surface area contributed by atoms with Gasteiger partial charge in [-0.15, -0.1) is 0 Å². The van der Waals surface area contributed by atoms with Gasteiger partial charge in [-0.25, -0.2) is 4.79 Å². The number of carbonyl (C=O) groups is 1. The number of nitrogen functional groups attached to an aromatic ring is 1. The number of carbonyl (C=O) groups excluding carboxylic acids is 1. The highest BCUT2D eigenvalue weighted by Crippen LogP contribution is 2.23. The first-order chi connectivity index (χ1) is 10.6. The molecule has 122 valence electrons. The van der Waals surface area contributed by atoms with Crippen LogP contribution in [0.3, 0.4) is 0 Å². The third-order valence-corrected chi connectivity index (χ3v) is 4.44. The van der Waals surface area contributed by atoms with Crippen LogP contribution in [0.1, 0.15) is 56.3 Å². The zero-order valence-electron chi connectivity index (χ0n) is 13.8. The quantitative estimate of drug-likeness (QED) is 0.646. The molecular weight excluding hydrogens is 276 g/mol. The standard InChI is InChI=1S/C18H28N2O2/c1-3-20(17-7-5-4-6-8-17)13-14(2)22-18(21)15-9-11-16(19)12-10-15/h9-12,14,17H,3-8,13,19H2,1-2H3. The van der Waals surface area contributed by atoms with Crippen LogP contribution in [0.4, 0.5) is 5.69 Å². The van der Waals surface area contributed by atoms with Crippen molar-refractivity contribution in [1.29, 1.82) is 0 Å². The monoisotopic (exact) mass is 304 g/mol. The van der Waals surface area contributed by atoms with Crippen LogP contribution in [-0.2, 0) is 4.74 Å². The van der Waals surface area contributed by atoms with Crippen molar-refractivity contribution in [2.24, 2.45) is 0 Å². The number of nitrogens with zero attached hydrogens (tertiary/aromatic N) is 1. The van der Waals surface area contributed by atoms with E-state index in [1.807, 2.05) is 6.92 Å². The molecule has 1 aliphatic carbocycles. The molecule has 1 aromatic rings.